The van der Waals surface area contributed by atoms with Gasteiger partial charge in [0.1, 0.15) is 0 Å². The standard InChI is InChI=1S/C36H47N3O8S3/c1-25-15-17-31-29(23-25)35(4,5)33(38(31)21-19-26(2)49(40,41)42)13-11-9-8-10-12-14-34-36(6,7)30-24-28(48-47-46-37)16-18-32(30)39(34)22-20-27(3)50(43,44)45/h8-18,23-24,26-27H,19-22,37H2,1-7H3,(H-,40,41,42,43,44,45)/p-1. The van der Waals surface area contributed by atoms with Gasteiger partial charge in [-0.2, -0.15) is 10.5 Å². The van der Waals surface area contributed by atoms with Gasteiger partial charge in [0.15, 0.2) is 12.3 Å². The maximum Gasteiger partial charge on any atom is 0.209 e. The summed E-state index contributed by atoms with van der Waals surface area (Å²) in [6.07, 6.45) is 13.9. The summed E-state index contributed by atoms with van der Waals surface area (Å²) in [5.41, 5.74) is 6.30. The van der Waals surface area contributed by atoms with Gasteiger partial charge in [-0.3, -0.25) is 0 Å². The van der Waals surface area contributed by atoms with Crippen LogP contribution in [-0.2, 0) is 40.4 Å². The van der Waals surface area contributed by atoms with Crippen molar-refractivity contribution in [1.29, 1.82) is 0 Å². The predicted octanol–water partition coefficient (Wildman–Crippen LogP) is 6.20. The molecule has 2 aromatic rings. The number of fused-ring (bicyclic) bond motifs is 2. The highest BCUT2D eigenvalue weighted by Gasteiger charge is 2.44. The van der Waals surface area contributed by atoms with Crippen LogP contribution in [0.5, 0.6) is 0 Å². The highest BCUT2D eigenvalue weighted by atomic mass is 32.2. The molecule has 0 radical (unpaired) electrons. The van der Waals surface area contributed by atoms with Crippen LogP contribution in [-0.4, -0.2) is 59.8 Å². The number of hydrogen-bond donors (Lipinski definition) is 1. The summed E-state index contributed by atoms with van der Waals surface area (Å²) in [5, 5.41) is -2.04. The molecule has 2 aromatic carbocycles. The molecule has 0 aromatic heterocycles. The van der Waals surface area contributed by atoms with Crippen molar-refractivity contribution < 1.29 is 39.8 Å². The van der Waals surface area contributed by atoms with Crippen LogP contribution in [0.25, 0.3) is 0 Å². The highest BCUT2D eigenvalue weighted by Crippen LogP contribution is 2.48. The topological polar surface area (TPSA) is 165 Å². The normalized spacial score (nSPS) is 19.3. The number of benzene rings is 2. The van der Waals surface area contributed by atoms with E-state index < -0.39 is 36.2 Å². The third-order valence-electron chi connectivity index (χ3n) is 9.54. The van der Waals surface area contributed by atoms with Crippen molar-refractivity contribution in [2.24, 2.45) is 5.90 Å². The average molecular weight is 745 g/mol. The number of hydrogen-bond acceptors (Lipinski definition) is 11. The van der Waals surface area contributed by atoms with E-state index in [1.54, 1.807) is 0 Å². The van der Waals surface area contributed by atoms with E-state index in [0.717, 1.165) is 56.4 Å². The van der Waals surface area contributed by atoms with Crippen molar-refractivity contribution in [3.05, 3.63) is 101 Å². The third-order valence-corrected chi connectivity index (χ3v) is 12.6. The molecule has 0 saturated carbocycles. The van der Waals surface area contributed by atoms with Crippen molar-refractivity contribution in [2.75, 3.05) is 18.0 Å². The molecule has 11 nitrogen and oxygen atoms in total. The molecule has 0 fully saturated rings. The lowest BCUT2D eigenvalue weighted by molar-refractivity contribution is -0.438. The largest absolute Gasteiger partial charge is 0.748 e. The maximum atomic E-state index is 11.6. The van der Waals surface area contributed by atoms with Gasteiger partial charge >= 0.3 is 0 Å². The molecule has 272 valence electrons. The second kappa shape index (κ2) is 15.7. The van der Waals surface area contributed by atoms with Gasteiger partial charge < -0.3 is 14.0 Å². The minimum absolute atomic E-state index is 0.162. The SMILES string of the molecule is Cc1ccc2c(c1)C(C)(C)\C(=C/C=C/C=C/C=C/C1=[N+](CCC(C)S(=O)(=O)[O-])c3ccc(SOON)cc3C1(C)C)N2CCC(C)S(=O)(=O)[O-]. The predicted molar refractivity (Wildman–Crippen MR) is 196 cm³/mol. The first-order chi connectivity index (χ1) is 23.3. The maximum absolute atomic E-state index is 11.6. The molecule has 2 aliphatic rings. The lowest BCUT2D eigenvalue weighted by Gasteiger charge is -2.28. The van der Waals surface area contributed by atoms with E-state index >= 15 is 0 Å². The fourth-order valence-electron chi connectivity index (χ4n) is 6.43. The Morgan fingerprint density at radius 3 is 2.18 bits per heavy atom. The van der Waals surface area contributed by atoms with Crippen molar-refractivity contribution in [3.63, 3.8) is 0 Å². The molecule has 0 amide bonds. The lowest BCUT2D eigenvalue weighted by atomic mass is 9.81. The Morgan fingerprint density at radius 1 is 0.880 bits per heavy atom. The van der Waals surface area contributed by atoms with Gasteiger partial charge in [0.25, 0.3) is 0 Å². The Morgan fingerprint density at radius 2 is 1.52 bits per heavy atom. The van der Waals surface area contributed by atoms with Crippen LogP contribution in [0, 0.1) is 6.92 Å². The van der Waals surface area contributed by atoms with Gasteiger partial charge in [0.2, 0.25) is 5.69 Å². The van der Waals surface area contributed by atoms with E-state index in [0.29, 0.717) is 13.1 Å². The molecule has 0 saturated heterocycles. The summed E-state index contributed by atoms with van der Waals surface area (Å²) < 4.78 is 76.6. The Hall–Kier alpha value is -3.08. The van der Waals surface area contributed by atoms with Crippen molar-refractivity contribution >= 4 is 49.4 Å². The lowest BCUT2D eigenvalue weighted by Crippen LogP contribution is -2.30. The molecule has 2 aliphatic heterocycles. The zero-order valence-corrected chi connectivity index (χ0v) is 31.9. The molecule has 14 heteroatoms. The van der Waals surface area contributed by atoms with Gasteiger partial charge in [-0.15, -0.1) is 9.32 Å². The van der Waals surface area contributed by atoms with E-state index in [4.69, 9.17) is 10.2 Å². The first kappa shape index (κ1) is 39.7. The van der Waals surface area contributed by atoms with Crippen LogP contribution in [0.1, 0.15) is 71.1 Å². The van der Waals surface area contributed by atoms with Gasteiger partial charge in [-0.05, 0) is 70.9 Å². The zero-order valence-electron chi connectivity index (χ0n) is 29.5. The van der Waals surface area contributed by atoms with Gasteiger partial charge in [-0.25, -0.2) is 16.8 Å². The zero-order chi connectivity index (χ0) is 37.1. The molecular weight excluding hydrogens is 699 g/mol. The second-order valence-corrected chi connectivity index (χ2v) is 18.1. The number of nitrogens with zero attached hydrogens (tertiary/aromatic N) is 2. The van der Waals surface area contributed by atoms with E-state index in [2.05, 4.69) is 43.6 Å². The second-order valence-electron chi connectivity index (χ2n) is 13.8. The molecular formula is C36H46N3O8S3-. The van der Waals surface area contributed by atoms with E-state index in [1.807, 2.05) is 84.4 Å². The quantitative estimate of drug-likeness (QED) is 0.0551. The van der Waals surface area contributed by atoms with Crippen LogP contribution in [0.15, 0.2) is 89.5 Å². The van der Waals surface area contributed by atoms with Crippen LogP contribution in [0.4, 0.5) is 11.4 Å². The smallest absolute Gasteiger partial charge is 0.209 e. The molecule has 2 heterocycles. The summed E-state index contributed by atoms with van der Waals surface area (Å²) in [6.45, 7) is 14.1. The van der Waals surface area contributed by atoms with Crippen LogP contribution < -0.4 is 10.8 Å². The Labute approximate surface area is 300 Å². The number of allylic oxidation sites excluding steroid dienone is 8. The molecule has 0 aliphatic carbocycles. The monoisotopic (exact) mass is 744 g/mol. The Balaban J connectivity index is 1.59. The fourth-order valence-corrected chi connectivity index (χ4v) is 7.63. The van der Waals surface area contributed by atoms with Gasteiger partial charge in [0.05, 0.1) is 42.9 Å². The molecule has 50 heavy (non-hydrogen) atoms. The van der Waals surface area contributed by atoms with E-state index in [9.17, 15) is 25.9 Å². The summed E-state index contributed by atoms with van der Waals surface area (Å²) in [6, 6.07) is 12.0. The Bertz CT molecular complexity index is 1960. The number of rotatable bonds is 15. The number of anilines is 1. The number of nitrogens with two attached hydrogens (primary N) is 1. The van der Waals surface area contributed by atoms with Crippen molar-refractivity contribution in [3.8, 4) is 0 Å². The molecule has 0 spiro atoms. The molecule has 4 rings (SSSR count). The first-order valence-electron chi connectivity index (χ1n) is 16.3. The van der Waals surface area contributed by atoms with Crippen LogP contribution >= 0.6 is 12.0 Å². The van der Waals surface area contributed by atoms with Crippen molar-refractivity contribution in [2.45, 2.75) is 87.5 Å². The Kier molecular flexibility index (Phi) is 12.4. The minimum atomic E-state index is -4.43. The molecule has 2 atom stereocenters. The van der Waals surface area contributed by atoms with E-state index in [-0.39, 0.29) is 18.3 Å². The summed E-state index contributed by atoms with van der Waals surface area (Å²) in [4.78, 5) is 7.12. The summed E-state index contributed by atoms with van der Waals surface area (Å²) in [7, 11) is -8.81. The molecule has 2 unspecified atom stereocenters. The van der Waals surface area contributed by atoms with Crippen LogP contribution in [0.3, 0.4) is 0 Å². The highest BCUT2D eigenvalue weighted by molar-refractivity contribution is 7.94. The first-order valence-corrected chi connectivity index (χ1v) is 20.0. The minimum Gasteiger partial charge on any atom is -0.748 e. The van der Waals surface area contributed by atoms with Crippen LogP contribution in [0.2, 0.25) is 0 Å². The third kappa shape index (κ3) is 8.86. The summed E-state index contributed by atoms with van der Waals surface area (Å²) in [5.74, 6) is 5.01. The van der Waals surface area contributed by atoms with Crippen molar-refractivity contribution in [1.82, 2.24) is 0 Å². The van der Waals surface area contributed by atoms with Gasteiger partial charge in [0, 0.05) is 57.6 Å². The van der Waals surface area contributed by atoms with Gasteiger partial charge in [-0.1, -0.05) is 61.9 Å². The fraction of sp³-hybridized carbons (Fsp3) is 0.417. The average Bonchev–Trinajstić information content (AvgIpc) is 3.37. The van der Waals surface area contributed by atoms with E-state index in [1.165, 1.54) is 13.8 Å². The number of aryl methyl sites for hydroxylation is 1. The summed E-state index contributed by atoms with van der Waals surface area (Å²) >= 11 is 0.974. The molecule has 2 N–H and O–H groups in total. The molecule has 0 bridgehead atoms.